The summed E-state index contributed by atoms with van der Waals surface area (Å²) in [5, 5.41) is 8.55. The minimum Gasteiger partial charge on any atom is -0.379 e. The summed E-state index contributed by atoms with van der Waals surface area (Å²) >= 11 is 0. The molecule has 0 bridgehead atoms. The summed E-state index contributed by atoms with van der Waals surface area (Å²) in [6.45, 7) is 0.854. The molecule has 0 aromatic heterocycles. The molecule has 1 aliphatic heterocycles. The molecular weight excluding hydrogens is 106 g/mol. The third-order valence-corrected chi connectivity index (χ3v) is 1.19. The van der Waals surface area contributed by atoms with Crippen molar-refractivity contribution < 1.29 is 9.84 Å². The maximum atomic E-state index is 8.55. The molecule has 2 atom stereocenters. The van der Waals surface area contributed by atoms with Crippen LogP contribution in [-0.2, 0) is 4.74 Å². The van der Waals surface area contributed by atoms with Crippen LogP contribution in [0.15, 0.2) is 0 Å². The molecule has 3 heteroatoms. The van der Waals surface area contributed by atoms with Crippen LogP contribution >= 0.6 is 0 Å². The number of aliphatic hydroxyl groups is 1. The molecule has 0 radical (unpaired) electrons. The first-order valence-corrected chi connectivity index (χ1v) is 2.84. The lowest BCUT2D eigenvalue weighted by atomic mass is 10.2. The third kappa shape index (κ3) is 2.26. The Kier molecular flexibility index (Phi) is 1.83. The largest absolute Gasteiger partial charge is 0.379 e. The van der Waals surface area contributed by atoms with Crippen LogP contribution in [0.4, 0.5) is 0 Å². The molecule has 8 heavy (non-hydrogen) atoms. The van der Waals surface area contributed by atoms with E-state index in [-0.39, 0.29) is 0 Å². The molecule has 0 aliphatic carbocycles. The molecule has 0 aromatic rings. The molecule has 1 aliphatic rings. The molecule has 2 unspecified atom stereocenters. The molecule has 1 rings (SSSR count). The Balaban J connectivity index is 1.87. The summed E-state index contributed by atoms with van der Waals surface area (Å²) in [6, 6.07) is 0. The highest BCUT2D eigenvalue weighted by atomic mass is 16.6. The van der Waals surface area contributed by atoms with Crippen molar-refractivity contribution in [1.29, 1.82) is 0 Å². The van der Waals surface area contributed by atoms with Crippen molar-refractivity contribution in [2.24, 2.45) is 5.73 Å². The first-order chi connectivity index (χ1) is 3.79. The van der Waals surface area contributed by atoms with E-state index in [0.29, 0.717) is 12.5 Å². The van der Waals surface area contributed by atoms with Gasteiger partial charge in [-0.25, -0.2) is 0 Å². The van der Waals surface area contributed by atoms with E-state index >= 15 is 0 Å². The summed E-state index contributed by atoms with van der Waals surface area (Å²) in [6.07, 6.45) is 1.30. The van der Waals surface area contributed by atoms with Crippen LogP contribution in [0.1, 0.15) is 12.8 Å². The Hall–Kier alpha value is -0.120. The van der Waals surface area contributed by atoms with Gasteiger partial charge in [-0.1, -0.05) is 0 Å². The highest BCUT2D eigenvalue weighted by Gasteiger charge is 2.21. The second-order valence-corrected chi connectivity index (χ2v) is 2.10. The van der Waals surface area contributed by atoms with E-state index in [4.69, 9.17) is 15.6 Å². The van der Waals surface area contributed by atoms with E-state index in [9.17, 15) is 0 Å². The number of hydrogen-bond acceptors (Lipinski definition) is 3. The molecule has 1 saturated heterocycles. The molecule has 3 N–H and O–H groups in total. The number of aliphatic hydroxyl groups excluding tert-OH is 1. The zero-order valence-electron chi connectivity index (χ0n) is 4.71. The van der Waals surface area contributed by atoms with Gasteiger partial charge < -0.3 is 15.6 Å². The van der Waals surface area contributed by atoms with Crippen molar-refractivity contribution in [3.8, 4) is 0 Å². The fourth-order valence-corrected chi connectivity index (χ4v) is 0.591. The summed E-state index contributed by atoms with van der Waals surface area (Å²) < 4.78 is 4.89. The van der Waals surface area contributed by atoms with Crippen LogP contribution in [0.3, 0.4) is 0 Å². The minimum atomic E-state index is -0.654. The van der Waals surface area contributed by atoms with E-state index in [1.54, 1.807) is 0 Å². The van der Waals surface area contributed by atoms with E-state index in [0.717, 1.165) is 13.0 Å². The van der Waals surface area contributed by atoms with Crippen molar-refractivity contribution in [2.75, 3.05) is 6.61 Å². The molecule has 1 fully saturated rings. The Morgan fingerprint density at radius 3 is 2.88 bits per heavy atom. The predicted octanol–water partition coefficient (Wildman–Crippen LogP) is -0.558. The van der Waals surface area contributed by atoms with Crippen LogP contribution in [0, 0.1) is 0 Å². The number of hydrogen-bond donors (Lipinski definition) is 2. The predicted molar refractivity (Wildman–Crippen MR) is 29.2 cm³/mol. The Morgan fingerprint density at radius 2 is 2.50 bits per heavy atom. The lowest BCUT2D eigenvalue weighted by Gasteiger charge is -1.98. The van der Waals surface area contributed by atoms with Crippen LogP contribution in [0.5, 0.6) is 0 Å². The fourth-order valence-electron chi connectivity index (χ4n) is 0.591. The lowest BCUT2D eigenvalue weighted by Crippen LogP contribution is -2.18. The monoisotopic (exact) mass is 117 g/mol. The average molecular weight is 117 g/mol. The van der Waals surface area contributed by atoms with Gasteiger partial charge in [0.15, 0.2) is 0 Å². The van der Waals surface area contributed by atoms with Crippen LogP contribution < -0.4 is 5.73 Å². The van der Waals surface area contributed by atoms with Gasteiger partial charge in [0.2, 0.25) is 0 Å². The number of epoxide rings is 1. The van der Waals surface area contributed by atoms with Crippen molar-refractivity contribution in [3.63, 3.8) is 0 Å². The smallest absolute Gasteiger partial charge is 0.102 e. The van der Waals surface area contributed by atoms with Crippen molar-refractivity contribution >= 4 is 0 Å². The van der Waals surface area contributed by atoms with Gasteiger partial charge in [0.25, 0.3) is 0 Å². The molecular formula is C5H11NO2. The van der Waals surface area contributed by atoms with Crippen LogP contribution in [-0.4, -0.2) is 24.0 Å². The first-order valence-electron chi connectivity index (χ1n) is 2.84. The second-order valence-electron chi connectivity index (χ2n) is 2.10. The molecule has 0 saturated carbocycles. The summed E-state index contributed by atoms with van der Waals surface area (Å²) in [5.41, 5.74) is 5.07. The van der Waals surface area contributed by atoms with Crippen molar-refractivity contribution in [1.82, 2.24) is 0 Å². The van der Waals surface area contributed by atoms with Gasteiger partial charge in [-0.2, -0.15) is 0 Å². The standard InChI is InChI=1S/C5H11NO2/c6-5(7)2-1-4-3-8-4/h4-5,7H,1-3,6H2. The minimum absolute atomic E-state index is 0.396. The lowest BCUT2D eigenvalue weighted by molar-refractivity contribution is 0.165. The Bertz CT molecular complexity index is 68.8. The zero-order chi connectivity index (χ0) is 5.98. The maximum absolute atomic E-state index is 8.55. The van der Waals surface area contributed by atoms with E-state index in [1.807, 2.05) is 0 Å². The van der Waals surface area contributed by atoms with Crippen molar-refractivity contribution in [3.05, 3.63) is 0 Å². The van der Waals surface area contributed by atoms with Gasteiger partial charge in [0, 0.05) is 0 Å². The molecule has 1 heterocycles. The molecule has 3 nitrogen and oxygen atoms in total. The molecule has 0 spiro atoms. The van der Waals surface area contributed by atoms with Gasteiger partial charge in [-0.05, 0) is 12.8 Å². The average Bonchev–Trinajstić information content (AvgIpc) is 2.41. The first kappa shape index (κ1) is 6.01. The van der Waals surface area contributed by atoms with E-state index < -0.39 is 6.23 Å². The normalized spacial score (nSPS) is 30.0. The van der Waals surface area contributed by atoms with Crippen molar-refractivity contribution in [2.45, 2.75) is 25.2 Å². The SMILES string of the molecule is NC(O)CCC1CO1. The van der Waals surface area contributed by atoms with Crippen LogP contribution in [0.25, 0.3) is 0 Å². The number of ether oxygens (including phenoxy) is 1. The summed E-state index contributed by atoms with van der Waals surface area (Å²) in [7, 11) is 0. The fraction of sp³-hybridized carbons (Fsp3) is 1.00. The molecule has 0 aromatic carbocycles. The van der Waals surface area contributed by atoms with Crippen LogP contribution in [0.2, 0.25) is 0 Å². The quantitative estimate of drug-likeness (QED) is 0.385. The summed E-state index contributed by atoms with van der Waals surface area (Å²) in [5.74, 6) is 0. The molecule has 0 amide bonds. The van der Waals surface area contributed by atoms with Gasteiger partial charge in [0.05, 0.1) is 12.7 Å². The highest BCUT2D eigenvalue weighted by Crippen LogP contribution is 2.15. The number of nitrogens with two attached hydrogens (primary N) is 1. The second kappa shape index (κ2) is 2.44. The maximum Gasteiger partial charge on any atom is 0.102 e. The van der Waals surface area contributed by atoms with Gasteiger partial charge in [-0.15, -0.1) is 0 Å². The van der Waals surface area contributed by atoms with Gasteiger partial charge >= 0.3 is 0 Å². The van der Waals surface area contributed by atoms with E-state index in [1.165, 1.54) is 0 Å². The highest BCUT2D eigenvalue weighted by molar-refractivity contribution is 4.68. The van der Waals surface area contributed by atoms with Gasteiger partial charge in [0.1, 0.15) is 6.23 Å². The zero-order valence-corrected chi connectivity index (χ0v) is 4.71. The number of rotatable bonds is 3. The molecule has 48 valence electrons. The summed E-state index contributed by atoms with van der Waals surface area (Å²) in [4.78, 5) is 0. The van der Waals surface area contributed by atoms with E-state index in [2.05, 4.69) is 0 Å². The Labute approximate surface area is 48.4 Å². The Morgan fingerprint density at radius 1 is 1.88 bits per heavy atom. The third-order valence-electron chi connectivity index (χ3n) is 1.19. The van der Waals surface area contributed by atoms with Gasteiger partial charge in [-0.3, -0.25) is 0 Å². The topological polar surface area (TPSA) is 58.8 Å².